The molecule has 7 heteroatoms. The number of hydrogen-bond donors (Lipinski definition) is 3. The van der Waals surface area contributed by atoms with Crippen LogP contribution in [0.4, 0.5) is 0 Å². The van der Waals surface area contributed by atoms with E-state index in [9.17, 15) is 5.11 Å². The summed E-state index contributed by atoms with van der Waals surface area (Å²) in [5.74, 6) is 0.450. The van der Waals surface area contributed by atoms with Crippen LogP contribution in [0.5, 0.6) is 5.75 Å². The van der Waals surface area contributed by atoms with Gasteiger partial charge in [-0.25, -0.2) is 0 Å². The molecule has 20 heavy (non-hydrogen) atoms. The maximum atomic E-state index is 9.88. The first-order valence-electron chi connectivity index (χ1n) is 6.26. The van der Waals surface area contributed by atoms with Crippen LogP contribution in [0.3, 0.4) is 0 Å². The quantitative estimate of drug-likeness (QED) is 0.632. The fourth-order valence-electron chi connectivity index (χ4n) is 1.71. The van der Waals surface area contributed by atoms with Crippen LogP contribution in [-0.2, 0) is 0 Å². The van der Waals surface area contributed by atoms with E-state index in [2.05, 4.69) is 0 Å². The Balaban J connectivity index is 2.43. The topological polar surface area (TPSA) is 73.2 Å². The molecular formula is C13H19Cl2NO4. The first-order valence-corrected chi connectivity index (χ1v) is 7.02. The Kier molecular flexibility index (Phi) is 8.21. The van der Waals surface area contributed by atoms with Crippen molar-refractivity contribution in [2.24, 2.45) is 0 Å². The number of aliphatic hydroxyl groups excluding tert-OH is 3. The number of ether oxygens (including phenoxy) is 1. The summed E-state index contributed by atoms with van der Waals surface area (Å²) in [7, 11) is 0. The van der Waals surface area contributed by atoms with E-state index in [1.807, 2.05) is 0 Å². The van der Waals surface area contributed by atoms with Gasteiger partial charge >= 0.3 is 0 Å². The summed E-state index contributed by atoms with van der Waals surface area (Å²) in [5.41, 5.74) is 0. The number of halogens is 2. The van der Waals surface area contributed by atoms with Crippen molar-refractivity contribution in [2.45, 2.75) is 6.10 Å². The lowest BCUT2D eigenvalue weighted by atomic mass is 10.3. The Labute approximate surface area is 128 Å². The molecule has 1 atom stereocenters. The molecule has 3 N–H and O–H groups in total. The van der Waals surface area contributed by atoms with Gasteiger partial charge in [-0.1, -0.05) is 23.2 Å². The van der Waals surface area contributed by atoms with Crippen molar-refractivity contribution < 1.29 is 20.1 Å². The number of rotatable bonds is 9. The molecule has 1 aromatic rings. The Bertz CT molecular complexity index is 400. The lowest BCUT2D eigenvalue weighted by Gasteiger charge is -2.23. The van der Waals surface area contributed by atoms with E-state index in [1.165, 1.54) is 0 Å². The second-order valence-electron chi connectivity index (χ2n) is 4.29. The lowest BCUT2D eigenvalue weighted by molar-refractivity contribution is 0.0552. The third-order valence-corrected chi connectivity index (χ3v) is 3.16. The predicted molar refractivity (Wildman–Crippen MR) is 78.6 cm³/mol. The molecule has 0 saturated heterocycles. The molecule has 0 amide bonds. The van der Waals surface area contributed by atoms with Gasteiger partial charge in [-0.3, -0.25) is 4.90 Å². The number of nitrogens with zero attached hydrogens (tertiary/aromatic N) is 1. The van der Waals surface area contributed by atoms with Crippen molar-refractivity contribution in [3.8, 4) is 5.75 Å². The maximum absolute atomic E-state index is 9.88. The molecule has 0 unspecified atom stereocenters. The van der Waals surface area contributed by atoms with Gasteiger partial charge in [0.25, 0.3) is 0 Å². The molecule has 114 valence electrons. The highest BCUT2D eigenvalue weighted by Crippen LogP contribution is 2.27. The molecule has 0 radical (unpaired) electrons. The SMILES string of the molecule is OCCN(CCO)C[C@H](O)COc1ccc(Cl)cc1Cl. The zero-order valence-corrected chi connectivity index (χ0v) is 12.5. The Morgan fingerprint density at radius 1 is 1.15 bits per heavy atom. The molecule has 0 saturated carbocycles. The third kappa shape index (κ3) is 6.26. The predicted octanol–water partition coefficient (Wildman–Crippen LogP) is 1.02. The minimum Gasteiger partial charge on any atom is -0.489 e. The molecule has 0 heterocycles. The fourth-order valence-corrected chi connectivity index (χ4v) is 2.17. The summed E-state index contributed by atoms with van der Waals surface area (Å²) in [6.07, 6.45) is -0.750. The molecule has 0 aliphatic rings. The van der Waals surface area contributed by atoms with Gasteiger partial charge in [-0.15, -0.1) is 0 Å². The van der Waals surface area contributed by atoms with E-state index in [4.69, 9.17) is 38.2 Å². The Hall–Kier alpha value is -0.560. The van der Waals surface area contributed by atoms with Crippen LogP contribution in [0, 0.1) is 0 Å². The zero-order chi connectivity index (χ0) is 15.0. The minimum atomic E-state index is -0.750. The van der Waals surface area contributed by atoms with Crippen molar-refractivity contribution >= 4 is 23.2 Å². The van der Waals surface area contributed by atoms with E-state index < -0.39 is 6.10 Å². The average molecular weight is 324 g/mol. The molecule has 1 rings (SSSR count). The molecular weight excluding hydrogens is 305 g/mol. The largest absolute Gasteiger partial charge is 0.489 e. The lowest BCUT2D eigenvalue weighted by Crippen LogP contribution is -2.38. The molecule has 1 aromatic carbocycles. The molecule has 0 aliphatic heterocycles. The highest BCUT2D eigenvalue weighted by atomic mass is 35.5. The van der Waals surface area contributed by atoms with Gasteiger partial charge in [-0.2, -0.15) is 0 Å². The zero-order valence-electron chi connectivity index (χ0n) is 11.0. The summed E-state index contributed by atoms with van der Waals surface area (Å²) >= 11 is 11.7. The third-order valence-electron chi connectivity index (χ3n) is 2.63. The van der Waals surface area contributed by atoms with Crippen molar-refractivity contribution in [3.63, 3.8) is 0 Å². The summed E-state index contributed by atoms with van der Waals surface area (Å²) in [5, 5.41) is 28.5. The Morgan fingerprint density at radius 2 is 1.80 bits per heavy atom. The highest BCUT2D eigenvalue weighted by molar-refractivity contribution is 6.35. The van der Waals surface area contributed by atoms with Crippen LogP contribution in [0.15, 0.2) is 18.2 Å². The highest BCUT2D eigenvalue weighted by Gasteiger charge is 2.12. The van der Waals surface area contributed by atoms with E-state index in [-0.39, 0.29) is 19.8 Å². The van der Waals surface area contributed by atoms with Crippen LogP contribution < -0.4 is 4.74 Å². The number of aliphatic hydroxyl groups is 3. The minimum absolute atomic E-state index is 0.0312. The summed E-state index contributed by atoms with van der Waals surface area (Å²) < 4.78 is 5.42. The summed E-state index contributed by atoms with van der Waals surface area (Å²) in [6, 6.07) is 4.85. The van der Waals surface area contributed by atoms with Gasteiger partial charge in [0.15, 0.2) is 0 Å². The molecule has 0 fully saturated rings. The summed E-state index contributed by atoms with van der Waals surface area (Å²) in [4.78, 5) is 1.75. The van der Waals surface area contributed by atoms with Crippen LogP contribution in [-0.4, -0.2) is 65.8 Å². The normalized spacial score (nSPS) is 12.7. The molecule has 0 bridgehead atoms. The fraction of sp³-hybridized carbons (Fsp3) is 0.538. The van der Waals surface area contributed by atoms with Gasteiger partial charge < -0.3 is 20.1 Å². The molecule has 0 spiro atoms. The summed E-state index contributed by atoms with van der Waals surface area (Å²) in [6.45, 7) is 1.08. The van der Waals surface area contributed by atoms with Gasteiger partial charge in [0.1, 0.15) is 18.5 Å². The van der Waals surface area contributed by atoms with E-state index in [0.717, 1.165) is 0 Å². The van der Waals surface area contributed by atoms with Crippen molar-refractivity contribution in [3.05, 3.63) is 28.2 Å². The van der Waals surface area contributed by atoms with Gasteiger partial charge in [0.05, 0.1) is 18.2 Å². The smallest absolute Gasteiger partial charge is 0.138 e. The standard InChI is InChI=1S/C13H19Cl2NO4/c14-10-1-2-13(12(15)7-10)20-9-11(19)8-16(3-5-17)4-6-18/h1-2,7,11,17-19H,3-6,8-9H2/t11-/m0/s1. The van der Waals surface area contributed by atoms with E-state index >= 15 is 0 Å². The maximum Gasteiger partial charge on any atom is 0.138 e. The number of hydrogen-bond acceptors (Lipinski definition) is 5. The monoisotopic (exact) mass is 323 g/mol. The Morgan fingerprint density at radius 3 is 2.35 bits per heavy atom. The molecule has 5 nitrogen and oxygen atoms in total. The van der Waals surface area contributed by atoms with Crippen LogP contribution in [0.25, 0.3) is 0 Å². The van der Waals surface area contributed by atoms with Crippen LogP contribution >= 0.6 is 23.2 Å². The van der Waals surface area contributed by atoms with Gasteiger partial charge in [0, 0.05) is 24.7 Å². The van der Waals surface area contributed by atoms with Crippen molar-refractivity contribution in [2.75, 3.05) is 39.5 Å². The van der Waals surface area contributed by atoms with E-state index in [1.54, 1.807) is 23.1 Å². The first-order chi connectivity index (χ1) is 9.56. The molecule has 0 aliphatic carbocycles. The van der Waals surface area contributed by atoms with Crippen molar-refractivity contribution in [1.29, 1.82) is 0 Å². The second kappa shape index (κ2) is 9.39. The van der Waals surface area contributed by atoms with Gasteiger partial charge in [0.2, 0.25) is 0 Å². The number of benzene rings is 1. The second-order valence-corrected chi connectivity index (χ2v) is 5.13. The van der Waals surface area contributed by atoms with Crippen LogP contribution in [0.1, 0.15) is 0 Å². The molecule has 0 aromatic heterocycles. The van der Waals surface area contributed by atoms with Crippen LogP contribution in [0.2, 0.25) is 10.0 Å². The average Bonchev–Trinajstić information content (AvgIpc) is 2.38. The van der Waals surface area contributed by atoms with E-state index in [0.29, 0.717) is 35.4 Å². The first kappa shape index (κ1) is 17.5. The van der Waals surface area contributed by atoms with Gasteiger partial charge in [-0.05, 0) is 18.2 Å². The van der Waals surface area contributed by atoms with Crippen molar-refractivity contribution in [1.82, 2.24) is 4.90 Å².